The van der Waals surface area contributed by atoms with Gasteiger partial charge in [-0.2, -0.15) is 0 Å². The van der Waals surface area contributed by atoms with Crippen molar-refractivity contribution in [1.29, 1.82) is 0 Å². The van der Waals surface area contributed by atoms with E-state index in [0.717, 1.165) is 23.4 Å². The van der Waals surface area contributed by atoms with Gasteiger partial charge in [-0.15, -0.1) is 0 Å². The number of likely N-dealkylation sites (N-methyl/N-ethyl adjacent to an activating group) is 1. The molecule has 1 N–H and O–H groups in total. The lowest BCUT2D eigenvalue weighted by atomic mass is 10.1. The van der Waals surface area contributed by atoms with Crippen LogP contribution in [0.25, 0.3) is 0 Å². The Hall–Kier alpha value is -1.65. The summed E-state index contributed by atoms with van der Waals surface area (Å²) in [6.07, 6.45) is 0. The number of nitrogens with one attached hydrogen (secondary N) is 1. The maximum atomic E-state index is 12.4. The minimum Gasteiger partial charge on any atom is -1.00 e. The van der Waals surface area contributed by atoms with Crippen molar-refractivity contribution in [3.63, 3.8) is 0 Å². The molecule has 1 amide bonds. The van der Waals surface area contributed by atoms with Crippen LogP contribution in [0.15, 0.2) is 48.5 Å². The van der Waals surface area contributed by atoms with E-state index in [1.54, 1.807) is 0 Å². The van der Waals surface area contributed by atoms with Crippen molar-refractivity contribution in [3.8, 4) is 0 Å². The van der Waals surface area contributed by atoms with Gasteiger partial charge in [-0.1, -0.05) is 48.5 Å². The standard InChI is InChI=1S/C19H24N2O.BrH/c1-15-9-8-10-16(2)19(15)20-18(22)14-21(3,4)13-17-11-6-5-7-12-17;/h5-12H,13-14H2,1-4H3;1H. The second-order valence-corrected chi connectivity index (χ2v) is 6.55. The van der Waals surface area contributed by atoms with Crippen molar-refractivity contribution in [2.45, 2.75) is 20.4 Å². The molecule has 0 aliphatic heterocycles. The highest BCUT2D eigenvalue weighted by atomic mass is 79.9. The van der Waals surface area contributed by atoms with Gasteiger partial charge < -0.3 is 26.8 Å². The van der Waals surface area contributed by atoms with Crippen molar-refractivity contribution in [2.24, 2.45) is 0 Å². The molecule has 0 heterocycles. The average molecular weight is 377 g/mol. The number of aryl methyl sites for hydroxylation is 2. The van der Waals surface area contributed by atoms with Crippen LogP contribution in [0.3, 0.4) is 0 Å². The monoisotopic (exact) mass is 376 g/mol. The molecule has 2 aromatic rings. The number of nitrogens with zero attached hydrogens (tertiary/aromatic N) is 1. The fourth-order valence-corrected chi connectivity index (χ4v) is 2.71. The van der Waals surface area contributed by atoms with Gasteiger partial charge in [-0.05, 0) is 25.0 Å². The van der Waals surface area contributed by atoms with Crippen LogP contribution in [0, 0.1) is 13.8 Å². The topological polar surface area (TPSA) is 29.1 Å². The number of hydrogen-bond donors (Lipinski definition) is 1. The number of quaternary nitrogens is 1. The lowest BCUT2D eigenvalue weighted by Crippen LogP contribution is -3.00. The van der Waals surface area contributed by atoms with Crippen LogP contribution in [0.5, 0.6) is 0 Å². The lowest BCUT2D eigenvalue weighted by molar-refractivity contribution is -0.895. The molecule has 2 rings (SSSR count). The molecule has 23 heavy (non-hydrogen) atoms. The van der Waals surface area contributed by atoms with Gasteiger partial charge in [0.05, 0.1) is 14.1 Å². The summed E-state index contributed by atoms with van der Waals surface area (Å²) in [5.41, 5.74) is 4.38. The first-order valence-corrected chi connectivity index (χ1v) is 7.59. The number of carbonyl (C=O) groups is 1. The Bertz CT molecular complexity index is 633. The zero-order valence-corrected chi connectivity index (χ0v) is 15.9. The molecule has 3 nitrogen and oxygen atoms in total. The SMILES string of the molecule is Cc1cccc(C)c1NC(=O)C[N+](C)(C)Cc1ccccc1.[Br-]. The molecular weight excluding hydrogens is 352 g/mol. The lowest BCUT2D eigenvalue weighted by Gasteiger charge is -2.29. The highest BCUT2D eigenvalue weighted by Crippen LogP contribution is 2.19. The van der Waals surface area contributed by atoms with Crippen LogP contribution in [0.2, 0.25) is 0 Å². The number of halogens is 1. The van der Waals surface area contributed by atoms with Gasteiger partial charge >= 0.3 is 0 Å². The summed E-state index contributed by atoms with van der Waals surface area (Å²) in [5, 5.41) is 3.07. The van der Waals surface area contributed by atoms with Crippen LogP contribution in [-0.2, 0) is 11.3 Å². The molecule has 0 fully saturated rings. The van der Waals surface area contributed by atoms with Crippen molar-refractivity contribution < 1.29 is 26.3 Å². The number of anilines is 1. The Balaban J connectivity index is 0.00000264. The van der Waals surface area contributed by atoms with E-state index in [0.29, 0.717) is 11.0 Å². The highest BCUT2D eigenvalue weighted by molar-refractivity contribution is 5.93. The summed E-state index contributed by atoms with van der Waals surface area (Å²) in [6, 6.07) is 16.3. The van der Waals surface area contributed by atoms with Gasteiger partial charge in [-0.25, -0.2) is 0 Å². The molecule has 0 bridgehead atoms. The van der Waals surface area contributed by atoms with Crippen molar-refractivity contribution in [1.82, 2.24) is 0 Å². The molecule has 0 spiro atoms. The molecule has 0 saturated carbocycles. The summed E-state index contributed by atoms with van der Waals surface area (Å²) in [6.45, 7) is 5.32. The van der Waals surface area contributed by atoms with E-state index in [9.17, 15) is 4.79 Å². The van der Waals surface area contributed by atoms with Crippen molar-refractivity contribution in [2.75, 3.05) is 26.0 Å². The van der Waals surface area contributed by atoms with Crippen LogP contribution < -0.4 is 22.3 Å². The third-order valence-corrected chi connectivity index (χ3v) is 3.77. The Labute approximate surface area is 149 Å². The third kappa shape index (κ3) is 5.81. The Morgan fingerprint density at radius 3 is 2.09 bits per heavy atom. The first-order valence-electron chi connectivity index (χ1n) is 7.59. The molecule has 0 aromatic heterocycles. The summed E-state index contributed by atoms with van der Waals surface area (Å²) >= 11 is 0. The maximum absolute atomic E-state index is 12.4. The van der Waals surface area contributed by atoms with E-state index < -0.39 is 0 Å². The fourth-order valence-electron chi connectivity index (χ4n) is 2.71. The summed E-state index contributed by atoms with van der Waals surface area (Å²) in [7, 11) is 4.16. The molecule has 0 radical (unpaired) electrons. The Morgan fingerprint density at radius 2 is 1.52 bits per heavy atom. The van der Waals surface area contributed by atoms with Crippen LogP contribution in [0.4, 0.5) is 5.69 Å². The van der Waals surface area contributed by atoms with Gasteiger partial charge in [0.2, 0.25) is 0 Å². The minimum absolute atomic E-state index is 0. The smallest absolute Gasteiger partial charge is 0.279 e. The molecule has 2 aromatic carbocycles. The number of benzene rings is 2. The number of amides is 1. The molecular formula is C19H25BrN2O. The largest absolute Gasteiger partial charge is 1.00 e. The van der Waals surface area contributed by atoms with E-state index in [1.165, 1.54) is 5.56 Å². The van der Waals surface area contributed by atoms with E-state index in [-0.39, 0.29) is 22.9 Å². The Morgan fingerprint density at radius 1 is 0.957 bits per heavy atom. The van der Waals surface area contributed by atoms with Gasteiger partial charge in [0, 0.05) is 11.3 Å². The van der Waals surface area contributed by atoms with Crippen LogP contribution in [-0.4, -0.2) is 31.0 Å². The van der Waals surface area contributed by atoms with Crippen molar-refractivity contribution >= 4 is 11.6 Å². The summed E-state index contributed by atoms with van der Waals surface area (Å²) in [4.78, 5) is 12.4. The number of hydrogen-bond acceptors (Lipinski definition) is 1. The van der Waals surface area contributed by atoms with Gasteiger partial charge in [0.15, 0.2) is 6.54 Å². The number of carbonyl (C=O) groups excluding carboxylic acids is 1. The molecule has 0 saturated heterocycles. The summed E-state index contributed by atoms with van der Waals surface area (Å²) < 4.78 is 0.626. The highest BCUT2D eigenvalue weighted by Gasteiger charge is 2.21. The molecule has 124 valence electrons. The maximum Gasteiger partial charge on any atom is 0.279 e. The summed E-state index contributed by atoms with van der Waals surface area (Å²) in [5.74, 6) is 0.0540. The minimum atomic E-state index is 0. The zero-order valence-electron chi connectivity index (χ0n) is 14.3. The molecule has 0 aliphatic rings. The first-order chi connectivity index (χ1) is 10.4. The first kappa shape index (κ1) is 19.4. The fraction of sp³-hybridized carbons (Fsp3) is 0.316. The van der Waals surface area contributed by atoms with Crippen LogP contribution >= 0.6 is 0 Å². The number of para-hydroxylation sites is 1. The van der Waals surface area contributed by atoms with Crippen LogP contribution in [0.1, 0.15) is 16.7 Å². The van der Waals surface area contributed by atoms with E-state index in [1.807, 2.05) is 50.2 Å². The van der Waals surface area contributed by atoms with E-state index in [2.05, 4.69) is 31.5 Å². The second kappa shape index (κ2) is 8.27. The Kier molecular flexibility index (Phi) is 6.98. The second-order valence-electron chi connectivity index (χ2n) is 6.55. The van der Waals surface area contributed by atoms with E-state index in [4.69, 9.17) is 0 Å². The predicted molar refractivity (Wildman–Crippen MR) is 91.7 cm³/mol. The third-order valence-electron chi connectivity index (χ3n) is 3.77. The van der Waals surface area contributed by atoms with Crippen molar-refractivity contribution in [3.05, 3.63) is 65.2 Å². The van der Waals surface area contributed by atoms with Gasteiger partial charge in [-0.3, -0.25) is 4.79 Å². The predicted octanol–water partition coefficient (Wildman–Crippen LogP) is 0.523. The molecule has 0 unspecified atom stereocenters. The molecule has 0 atom stereocenters. The molecule has 4 heteroatoms. The number of rotatable bonds is 5. The normalized spacial score (nSPS) is 10.8. The van der Waals surface area contributed by atoms with Gasteiger partial charge in [0.25, 0.3) is 5.91 Å². The quantitative estimate of drug-likeness (QED) is 0.757. The van der Waals surface area contributed by atoms with E-state index >= 15 is 0 Å². The average Bonchev–Trinajstić information content (AvgIpc) is 2.43. The zero-order chi connectivity index (χ0) is 16.2. The van der Waals surface area contributed by atoms with Gasteiger partial charge in [0.1, 0.15) is 6.54 Å². The molecule has 0 aliphatic carbocycles.